The number of hydrogen-bond donors (Lipinski definition) is 2. The van der Waals surface area contributed by atoms with Crippen LogP contribution in [0.25, 0.3) is 5.57 Å². The maximum Gasteiger partial charge on any atom is 0.258 e. The van der Waals surface area contributed by atoms with Crippen LogP contribution in [0.1, 0.15) is 65.8 Å². The molecule has 1 fully saturated rings. The Balaban J connectivity index is 1.02. The highest BCUT2D eigenvalue weighted by Gasteiger charge is 2.42. The Morgan fingerprint density at radius 2 is 1.79 bits per heavy atom. The van der Waals surface area contributed by atoms with Crippen molar-refractivity contribution in [1.82, 2.24) is 10.2 Å². The fourth-order valence-corrected chi connectivity index (χ4v) is 7.49. The number of carbonyl (C=O) groups is 2. The van der Waals surface area contributed by atoms with Gasteiger partial charge in [-0.05, 0) is 110 Å². The number of nitrogens with one attached hydrogen (secondary N) is 2. The number of fused-ring (bicyclic) bond motifs is 1. The average molecular weight is 643 g/mol. The van der Waals surface area contributed by atoms with Gasteiger partial charge in [-0.15, -0.1) is 0 Å². The molecule has 4 atom stereocenters. The summed E-state index contributed by atoms with van der Waals surface area (Å²) in [6.45, 7) is 4.29. The smallest absolute Gasteiger partial charge is 0.258 e. The molecule has 0 bridgehead atoms. The van der Waals surface area contributed by atoms with E-state index < -0.39 is 0 Å². The highest BCUT2D eigenvalue weighted by atomic mass is 16.6. The average Bonchev–Trinajstić information content (AvgIpc) is 3.76. The van der Waals surface area contributed by atoms with Gasteiger partial charge in [0, 0.05) is 42.1 Å². The summed E-state index contributed by atoms with van der Waals surface area (Å²) in [4.78, 5) is 31.0. The second-order valence-electron chi connectivity index (χ2n) is 14.1. The minimum atomic E-state index is -0.130. The maximum absolute atomic E-state index is 14.0. The highest BCUT2D eigenvalue weighted by molar-refractivity contribution is 6.06. The van der Waals surface area contributed by atoms with Crippen LogP contribution in [0.3, 0.4) is 0 Å². The summed E-state index contributed by atoms with van der Waals surface area (Å²) in [6, 6.07) is 24.5. The zero-order valence-electron chi connectivity index (χ0n) is 28.2. The molecular weight excluding hydrogens is 596 g/mol. The van der Waals surface area contributed by atoms with Crippen molar-refractivity contribution >= 4 is 28.8 Å². The number of hydrogen-bond acceptors (Lipinski definition) is 5. The van der Waals surface area contributed by atoms with E-state index >= 15 is 0 Å². The molecule has 1 saturated heterocycles. The lowest BCUT2D eigenvalue weighted by Gasteiger charge is -2.26. The number of epoxide rings is 1. The van der Waals surface area contributed by atoms with E-state index in [1.165, 1.54) is 16.7 Å². The normalized spacial score (nSPS) is 24.5. The van der Waals surface area contributed by atoms with Crippen molar-refractivity contribution in [3.8, 4) is 0 Å². The Labute approximate surface area is 284 Å². The predicted molar refractivity (Wildman–Crippen MR) is 193 cm³/mol. The van der Waals surface area contributed by atoms with Crippen molar-refractivity contribution in [2.45, 2.75) is 51.4 Å². The molecule has 4 aliphatic rings. The van der Waals surface area contributed by atoms with Crippen LogP contribution in [0.5, 0.6) is 0 Å². The Morgan fingerprint density at radius 3 is 2.60 bits per heavy atom. The zero-order chi connectivity index (χ0) is 33.3. The van der Waals surface area contributed by atoms with Crippen LogP contribution in [0.4, 0.5) is 11.4 Å². The summed E-state index contributed by atoms with van der Waals surface area (Å²) in [7, 11) is 4.01. The molecule has 7 nitrogen and oxygen atoms in total. The first-order valence-electron chi connectivity index (χ1n) is 17.3. The molecule has 3 aromatic rings. The van der Waals surface area contributed by atoms with Crippen LogP contribution in [0, 0.1) is 11.3 Å². The Hall–Kier alpha value is -4.46. The van der Waals surface area contributed by atoms with E-state index in [1.807, 2.05) is 55.4 Å². The van der Waals surface area contributed by atoms with Crippen LogP contribution in [0.2, 0.25) is 0 Å². The second kappa shape index (κ2) is 13.6. The topological polar surface area (TPSA) is 77.2 Å². The summed E-state index contributed by atoms with van der Waals surface area (Å²) >= 11 is 0. The van der Waals surface area contributed by atoms with Crippen molar-refractivity contribution in [3.05, 3.63) is 125 Å². The predicted octanol–water partition coefficient (Wildman–Crippen LogP) is 7.15. The molecule has 0 radical (unpaired) electrons. The van der Waals surface area contributed by atoms with Gasteiger partial charge in [-0.1, -0.05) is 73.7 Å². The molecule has 2 N–H and O–H groups in total. The van der Waals surface area contributed by atoms with Crippen molar-refractivity contribution < 1.29 is 14.3 Å². The molecule has 0 aromatic heterocycles. The number of amides is 2. The van der Waals surface area contributed by atoms with E-state index in [0.717, 1.165) is 61.2 Å². The lowest BCUT2D eigenvalue weighted by atomic mass is 9.79. The Morgan fingerprint density at radius 1 is 1.00 bits per heavy atom. The molecule has 248 valence electrons. The van der Waals surface area contributed by atoms with Gasteiger partial charge < -0.3 is 25.2 Å². The van der Waals surface area contributed by atoms with Gasteiger partial charge in [-0.2, -0.15) is 0 Å². The van der Waals surface area contributed by atoms with E-state index in [9.17, 15) is 9.59 Å². The first kappa shape index (κ1) is 32.1. The number of anilines is 2. The third-order valence-corrected chi connectivity index (χ3v) is 10.2. The van der Waals surface area contributed by atoms with Gasteiger partial charge in [0.15, 0.2) is 6.23 Å². The van der Waals surface area contributed by atoms with E-state index in [0.29, 0.717) is 24.6 Å². The van der Waals surface area contributed by atoms with Crippen molar-refractivity contribution in [2.24, 2.45) is 11.3 Å². The van der Waals surface area contributed by atoms with E-state index in [4.69, 9.17) is 4.74 Å². The minimum Gasteiger partial charge on any atom is -0.358 e. The van der Waals surface area contributed by atoms with Gasteiger partial charge >= 0.3 is 0 Å². The van der Waals surface area contributed by atoms with E-state index in [-0.39, 0.29) is 29.6 Å². The monoisotopic (exact) mass is 642 g/mol. The van der Waals surface area contributed by atoms with Crippen molar-refractivity contribution in [1.29, 1.82) is 0 Å². The maximum atomic E-state index is 14.0. The number of benzene rings is 3. The van der Waals surface area contributed by atoms with Gasteiger partial charge in [-0.3, -0.25) is 9.59 Å². The molecule has 2 heterocycles. The summed E-state index contributed by atoms with van der Waals surface area (Å²) in [5, 5.41) is 6.59. The number of allylic oxidation sites excluding steroid dienone is 5. The van der Waals surface area contributed by atoms with Gasteiger partial charge in [0.2, 0.25) is 5.91 Å². The number of likely N-dealkylation sites (N-methyl/N-ethyl adjacent to an activating group) is 1. The second-order valence-corrected chi connectivity index (χ2v) is 14.1. The van der Waals surface area contributed by atoms with Crippen molar-refractivity contribution in [2.75, 3.05) is 43.9 Å². The molecule has 2 amide bonds. The van der Waals surface area contributed by atoms with Gasteiger partial charge in [0.1, 0.15) is 6.10 Å². The SMILES string of the molecule is CC1C=C(c2ccccc2C2OC2Nc2ccc(C(=O)N3CCC4(C=C(C(=O)NCCN(C)C)CC4)Cc4ccccc43)cc2)C=CC1. The van der Waals surface area contributed by atoms with Gasteiger partial charge in [0.25, 0.3) is 5.91 Å². The molecule has 0 saturated carbocycles. The number of rotatable bonds is 9. The summed E-state index contributed by atoms with van der Waals surface area (Å²) in [6.07, 6.45) is 13.3. The van der Waals surface area contributed by atoms with Crippen molar-refractivity contribution in [3.63, 3.8) is 0 Å². The molecule has 7 heteroatoms. The molecule has 2 aliphatic carbocycles. The zero-order valence-corrected chi connectivity index (χ0v) is 28.2. The number of ether oxygens (including phenoxy) is 1. The molecule has 4 unspecified atom stereocenters. The van der Waals surface area contributed by atoms with E-state index in [1.54, 1.807) is 0 Å². The van der Waals surface area contributed by atoms with Gasteiger partial charge in [-0.25, -0.2) is 0 Å². The highest BCUT2D eigenvalue weighted by Crippen LogP contribution is 2.46. The lowest BCUT2D eigenvalue weighted by Crippen LogP contribution is -2.33. The fourth-order valence-electron chi connectivity index (χ4n) is 7.49. The third kappa shape index (κ3) is 6.89. The lowest BCUT2D eigenvalue weighted by molar-refractivity contribution is -0.117. The Kier molecular flexibility index (Phi) is 9.08. The molecule has 3 aromatic carbocycles. The number of para-hydroxylation sites is 1. The molecule has 2 aliphatic heterocycles. The quantitative estimate of drug-likeness (QED) is 0.243. The van der Waals surface area contributed by atoms with E-state index in [2.05, 4.69) is 83.2 Å². The molecule has 48 heavy (non-hydrogen) atoms. The van der Waals surface area contributed by atoms with Crippen LogP contribution in [0.15, 0.2) is 103 Å². The largest absolute Gasteiger partial charge is 0.358 e. The van der Waals surface area contributed by atoms with Crippen LogP contribution in [-0.2, 0) is 16.0 Å². The summed E-state index contributed by atoms with van der Waals surface area (Å²) in [5.41, 5.74) is 8.10. The van der Waals surface area contributed by atoms with Crippen LogP contribution in [-0.4, -0.2) is 56.7 Å². The molecular formula is C41H46N4O3. The fraction of sp³-hybridized carbons (Fsp3) is 0.366. The minimum absolute atomic E-state index is 0.00723. The summed E-state index contributed by atoms with van der Waals surface area (Å²) in [5.74, 6) is 0.557. The Bertz CT molecular complexity index is 1770. The first-order valence-corrected chi connectivity index (χ1v) is 17.3. The third-order valence-electron chi connectivity index (χ3n) is 10.2. The number of nitrogens with zero attached hydrogens (tertiary/aromatic N) is 2. The first-order chi connectivity index (χ1) is 23.3. The number of carbonyl (C=O) groups excluding carboxylic acids is 2. The van der Waals surface area contributed by atoms with Gasteiger partial charge in [0.05, 0.1) is 0 Å². The standard InChI is InChI=1S/C41H46N4O3/c1-28-9-8-11-30(25-28)34-12-5-6-13-35(34)37-39(48-37)43-33-17-15-29(16-18-33)40(47)45-23-21-41(26-31-10-4-7-14-36(31)45)20-19-32(27-41)38(46)42-22-24-44(2)3/h4-8,10-18,25,27-28,37,39,43H,9,19-24,26H2,1-3H3,(H,42,46). The van der Waals surface area contributed by atoms with Crippen LogP contribution < -0.4 is 15.5 Å². The molecule has 7 rings (SSSR count). The molecule has 1 spiro atoms. The summed E-state index contributed by atoms with van der Waals surface area (Å²) < 4.78 is 6.12. The van der Waals surface area contributed by atoms with Crippen LogP contribution >= 0.6 is 0 Å².